The number of nitrogens with one attached hydrogen (secondary N) is 1. The largest absolute Gasteiger partial charge is 0.443 e. The van der Waals surface area contributed by atoms with Gasteiger partial charge in [-0.2, -0.15) is 0 Å². The van der Waals surface area contributed by atoms with Crippen LogP contribution in [-0.2, 0) is 0 Å². The molecule has 1 aromatic heterocycles. The Morgan fingerprint density at radius 2 is 2.04 bits per heavy atom. The Morgan fingerprint density at radius 1 is 1.35 bits per heavy atom. The molecule has 0 aliphatic rings. The monoisotopic (exact) mass is 336 g/mol. The molecule has 0 spiro atoms. The molecule has 0 bridgehead atoms. The zero-order chi connectivity index (χ0) is 16.8. The number of carbonyl (C=O) groups excluding carboxylic acids is 1. The van der Waals surface area contributed by atoms with Crippen LogP contribution in [0.1, 0.15) is 37.2 Å². The highest BCUT2D eigenvalue weighted by Gasteiger charge is 2.22. The highest BCUT2D eigenvalue weighted by atomic mass is 35.5. The molecule has 5 nitrogen and oxygen atoms in total. The van der Waals surface area contributed by atoms with Gasteiger partial charge in [-0.15, -0.1) is 0 Å². The van der Waals surface area contributed by atoms with Gasteiger partial charge in [0, 0.05) is 12.1 Å². The third-order valence-electron chi connectivity index (χ3n) is 3.97. The zero-order valence-electron chi connectivity index (χ0n) is 13.3. The maximum Gasteiger partial charge on any atom is 0.274 e. The fourth-order valence-electron chi connectivity index (χ4n) is 2.52. The number of hydrogen-bond donors (Lipinski definition) is 2. The van der Waals surface area contributed by atoms with E-state index < -0.39 is 12.0 Å². The van der Waals surface area contributed by atoms with E-state index in [0.29, 0.717) is 16.3 Å². The third kappa shape index (κ3) is 4.12. The third-order valence-corrected chi connectivity index (χ3v) is 4.30. The van der Waals surface area contributed by atoms with Gasteiger partial charge in [0.1, 0.15) is 0 Å². The van der Waals surface area contributed by atoms with Gasteiger partial charge in [0.15, 0.2) is 17.8 Å². The first kappa shape index (κ1) is 17.5. The van der Waals surface area contributed by atoms with Crippen molar-refractivity contribution in [2.45, 2.75) is 32.8 Å². The van der Waals surface area contributed by atoms with E-state index in [1.165, 1.54) is 6.39 Å². The van der Waals surface area contributed by atoms with E-state index >= 15 is 0 Å². The fraction of sp³-hybridized carbons (Fsp3) is 0.412. The lowest BCUT2D eigenvalue weighted by Gasteiger charge is -2.20. The van der Waals surface area contributed by atoms with Gasteiger partial charge >= 0.3 is 0 Å². The summed E-state index contributed by atoms with van der Waals surface area (Å²) in [5.41, 5.74) is 0.771. The van der Waals surface area contributed by atoms with Gasteiger partial charge in [0.2, 0.25) is 0 Å². The molecular formula is C17H21ClN2O3. The summed E-state index contributed by atoms with van der Waals surface area (Å²) < 4.78 is 5.33. The molecule has 0 saturated carbocycles. The van der Waals surface area contributed by atoms with Crippen LogP contribution >= 0.6 is 11.6 Å². The second kappa shape index (κ2) is 8.13. The topological polar surface area (TPSA) is 75.4 Å². The maximum atomic E-state index is 12.3. The van der Waals surface area contributed by atoms with Gasteiger partial charge in [0.05, 0.1) is 11.1 Å². The molecule has 6 heteroatoms. The quantitative estimate of drug-likeness (QED) is 0.811. The number of oxazole rings is 1. The Morgan fingerprint density at radius 3 is 2.70 bits per heavy atom. The molecule has 1 aromatic carbocycles. The molecule has 2 rings (SSSR count). The molecule has 0 aliphatic heterocycles. The SMILES string of the molecule is CCC(CC)C(O)CNC(=O)c1ncoc1-c1ccccc1Cl. The summed E-state index contributed by atoms with van der Waals surface area (Å²) in [6, 6.07) is 7.09. The van der Waals surface area contributed by atoms with Crippen molar-refractivity contribution in [1.82, 2.24) is 10.3 Å². The van der Waals surface area contributed by atoms with Crippen LogP contribution in [-0.4, -0.2) is 28.6 Å². The number of hydrogen-bond acceptors (Lipinski definition) is 4. The van der Waals surface area contributed by atoms with Gasteiger partial charge < -0.3 is 14.8 Å². The van der Waals surface area contributed by atoms with Crippen molar-refractivity contribution in [2.24, 2.45) is 5.92 Å². The van der Waals surface area contributed by atoms with Gasteiger partial charge in [-0.1, -0.05) is 50.4 Å². The molecule has 1 atom stereocenters. The maximum absolute atomic E-state index is 12.3. The second-order valence-corrected chi connectivity index (χ2v) is 5.77. The van der Waals surface area contributed by atoms with Gasteiger partial charge in [0.25, 0.3) is 5.91 Å². The van der Waals surface area contributed by atoms with E-state index in [9.17, 15) is 9.90 Å². The summed E-state index contributed by atoms with van der Waals surface area (Å²) in [4.78, 5) is 16.3. The van der Waals surface area contributed by atoms with Crippen LogP contribution < -0.4 is 5.32 Å². The van der Waals surface area contributed by atoms with Crippen molar-refractivity contribution >= 4 is 17.5 Å². The number of amides is 1. The lowest BCUT2D eigenvalue weighted by molar-refractivity contribution is 0.0813. The van der Waals surface area contributed by atoms with Crippen molar-refractivity contribution in [1.29, 1.82) is 0 Å². The Kier molecular flexibility index (Phi) is 6.19. The minimum absolute atomic E-state index is 0.162. The van der Waals surface area contributed by atoms with Crippen LogP contribution in [0.3, 0.4) is 0 Å². The average molecular weight is 337 g/mol. The van der Waals surface area contributed by atoms with Crippen molar-refractivity contribution in [3.63, 3.8) is 0 Å². The Labute approximate surface area is 140 Å². The molecule has 0 radical (unpaired) electrons. The highest BCUT2D eigenvalue weighted by Crippen LogP contribution is 2.29. The molecule has 1 unspecified atom stereocenters. The first-order valence-corrected chi connectivity index (χ1v) is 8.10. The average Bonchev–Trinajstić information content (AvgIpc) is 3.03. The van der Waals surface area contributed by atoms with Gasteiger partial charge in [-0.05, 0) is 18.1 Å². The summed E-state index contributed by atoms with van der Waals surface area (Å²) >= 11 is 6.14. The summed E-state index contributed by atoms with van der Waals surface area (Å²) in [5, 5.41) is 13.3. The van der Waals surface area contributed by atoms with Crippen molar-refractivity contribution in [2.75, 3.05) is 6.54 Å². The number of halogens is 1. The normalized spacial score (nSPS) is 12.4. The number of carbonyl (C=O) groups is 1. The van der Waals surface area contributed by atoms with Crippen LogP contribution in [0, 0.1) is 5.92 Å². The summed E-state index contributed by atoms with van der Waals surface area (Å²) in [7, 11) is 0. The van der Waals surface area contributed by atoms with Crippen LogP contribution in [0.15, 0.2) is 35.1 Å². The lowest BCUT2D eigenvalue weighted by Crippen LogP contribution is -2.36. The van der Waals surface area contributed by atoms with E-state index in [4.69, 9.17) is 16.0 Å². The first-order chi connectivity index (χ1) is 11.1. The predicted octanol–water partition coefficient (Wildman–Crippen LogP) is 3.52. The summed E-state index contributed by atoms with van der Waals surface area (Å²) in [6.45, 7) is 4.22. The number of rotatable bonds is 7. The van der Waals surface area contributed by atoms with Gasteiger partial charge in [-0.3, -0.25) is 4.79 Å². The number of benzene rings is 1. The highest BCUT2D eigenvalue weighted by molar-refractivity contribution is 6.33. The molecule has 2 N–H and O–H groups in total. The number of nitrogens with zero attached hydrogens (tertiary/aromatic N) is 1. The summed E-state index contributed by atoms with van der Waals surface area (Å²) in [6.07, 6.45) is 2.36. The van der Waals surface area contributed by atoms with Crippen molar-refractivity contribution < 1.29 is 14.3 Å². The predicted molar refractivity (Wildman–Crippen MR) is 89.4 cm³/mol. The first-order valence-electron chi connectivity index (χ1n) is 7.73. The van der Waals surface area contributed by atoms with E-state index in [0.717, 1.165) is 12.8 Å². The van der Waals surface area contributed by atoms with Crippen LogP contribution in [0.4, 0.5) is 0 Å². The van der Waals surface area contributed by atoms with Crippen LogP contribution in [0.25, 0.3) is 11.3 Å². The molecular weight excluding hydrogens is 316 g/mol. The second-order valence-electron chi connectivity index (χ2n) is 5.36. The molecule has 124 valence electrons. The van der Waals surface area contributed by atoms with E-state index in [1.54, 1.807) is 18.2 Å². The fourth-order valence-corrected chi connectivity index (χ4v) is 2.75. The smallest absolute Gasteiger partial charge is 0.274 e. The standard InChI is InChI=1S/C17H21ClN2O3/c1-3-11(4-2)14(21)9-19-17(22)15-16(23-10-20-15)12-7-5-6-8-13(12)18/h5-8,10-11,14,21H,3-4,9H2,1-2H3,(H,19,22). The lowest BCUT2D eigenvalue weighted by atomic mass is 9.96. The van der Waals surface area contributed by atoms with E-state index in [2.05, 4.69) is 10.3 Å². The minimum Gasteiger partial charge on any atom is -0.443 e. The number of aromatic nitrogens is 1. The molecule has 0 aliphatic carbocycles. The van der Waals surface area contributed by atoms with Crippen molar-refractivity contribution in [3.05, 3.63) is 41.4 Å². The zero-order valence-corrected chi connectivity index (χ0v) is 14.0. The number of aliphatic hydroxyl groups is 1. The Bertz CT molecular complexity index is 653. The molecule has 2 aromatic rings. The minimum atomic E-state index is -0.579. The number of aliphatic hydroxyl groups excluding tert-OH is 1. The van der Waals surface area contributed by atoms with E-state index in [1.807, 2.05) is 19.9 Å². The van der Waals surface area contributed by atoms with Gasteiger partial charge in [-0.25, -0.2) is 4.98 Å². The van der Waals surface area contributed by atoms with Crippen LogP contribution in [0.5, 0.6) is 0 Å². The molecule has 23 heavy (non-hydrogen) atoms. The van der Waals surface area contributed by atoms with E-state index in [-0.39, 0.29) is 18.2 Å². The molecule has 1 amide bonds. The Hall–Kier alpha value is -1.85. The van der Waals surface area contributed by atoms with Crippen LogP contribution in [0.2, 0.25) is 5.02 Å². The van der Waals surface area contributed by atoms with Crippen molar-refractivity contribution in [3.8, 4) is 11.3 Å². The Balaban J connectivity index is 2.10. The molecule has 0 saturated heterocycles. The summed E-state index contributed by atoms with van der Waals surface area (Å²) in [5.74, 6) is 0.0967. The molecule has 0 fully saturated rings. The molecule has 1 heterocycles.